The highest BCUT2D eigenvalue weighted by Gasteiger charge is 2.21. The number of hydrogen-bond acceptors (Lipinski definition) is 2. The number of imidazole rings is 1. The molecule has 0 aliphatic rings. The quantitative estimate of drug-likeness (QED) is 0.801. The highest BCUT2D eigenvalue weighted by molar-refractivity contribution is 5.99. The number of hydrogen-bond donors (Lipinski definition) is 1. The van der Waals surface area contributed by atoms with Crippen LogP contribution in [0.2, 0.25) is 0 Å². The largest absolute Gasteiger partial charge is 0.349 e. The number of amides is 1. The molecule has 2 heterocycles. The van der Waals surface area contributed by atoms with Crippen LogP contribution in [0.3, 0.4) is 0 Å². The molecule has 4 nitrogen and oxygen atoms in total. The van der Waals surface area contributed by atoms with Gasteiger partial charge in [0, 0.05) is 17.8 Å². The van der Waals surface area contributed by atoms with Crippen molar-refractivity contribution >= 4 is 11.6 Å². The van der Waals surface area contributed by atoms with E-state index in [9.17, 15) is 4.79 Å². The number of carbonyl (C=O) groups excluding carboxylic acids is 1. The molecule has 2 aromatic heterocycles. The zero-order valence-corrected chi connectivity index (χ0v) is 13.9. The molecule has 118 valence electrons. The van der Waals surface area contributed by atoms with E-state index in [0.29, 0.717) is 11.4 Å². The fourth-order valence-corrected chi connectivity index (χ4v) is 2.61. The minimum Gasteiger partial charge on any atom is -0.349 e. The molecule has 0 saturated carbocycles. The van der Waals surface area contributed by atoms with Crippen LogP contribution in [0.25, 0.3) is 16.9 Å². The Hall–Kier alpha value is -2.62. The van der Waals surface area contributed by atoms with Gasteiger partial charge in [0.15, 0.2) is 0 Å². The van der Waals surface area contributed by atoms with Crippen molar-refractivity contribution in [3.63, 3.8) is 0 Å². The average molecular weight is 307 g/mol. The number of carbonyl (C=O) groups is 1. The predicted molar refractivity (Wildman–Crippen MR) is 92.7 cm³/mol. The lowest BCUT2D eigenvalue weighted by molar-refractivity contribution is 0.0938. The molecule has 23 heavy (non-hydrogen) atoms. The highest BCUT2D eigenvalue weighted by atomic mass is 16.2. The fraction of sp³-hybridized carbons (Fsp3) is 0.263. The Labute approximate surface area is 136 Å². The van der Waals surface area contributed by atoms with Crippen LogP contribution in [0.15, 0.2) is 42.6 Å². The number of rotatable bonds is 3. The van der Waals surface area contributed by atoms with Crippen molar-refractivity contribution in [1.82, 2.24) is 14.7 Å². The van der Waals surface area contributed by atoms with Gasteiger partial charge in [-0.15, -0.1) is 0 Å². The Kier molecular flexibility index (Phi) is 3.90. The maximum atomic E-state index is 12.7. The van der Waals surface area contributed by atoms with E-state index in [-0.39, 0.29) is 11.9 Å². The van der Waals surface area contributed by atoms with Crippen molar-refractivity contribution in [2.75, 3.05) is 0 Å². The molecule has 3 aromatic rings. The number of aromatic nitrogens is 2. The first-order valence-corrected chi connectivity index (χ1v) is 7.82. The summed E-state index contributed by atoms with van der Waals surface area (Å²) in [5, 5.41) is 2.98. The Balaban J connectivity index is 2.23. The molecule has 0 radical (unpaired) electrons. The standard InChI is InChI=1S/C19H21N3O/c1-12(2)20-19(23)18-17(15-8-5-13(3)6-9-15)21-16-10-7-14(4)11-22(16)18/h5-12H,1-4H3,(H,20,23). The minimum absolute atomic E-state index is 0.0729. The van der Waals surface area contributed by atoms with E-state index in [2.05, 4.69) is 10.3 Å². The summed E-state index contributed by atoms with van der Waals surface area (Å²) in [4.78, 5) is 17.4. The van der Waals surface area contributed by atoms with E-state index >= 15 is 0 Å². The summed E-state index contributed by atoms with van der Waals surface area (Å²) in [7, 11) is 0. The van der Waals surface area contributed by atoms with E-state index in [1.165, 1.54) is 5.56 Å². The van der Waals surface area contributed by atoms with Gasteiger partial charge in [0.2, 0.25) is 0 Å². The van der Waals surface area contributed by atoms with Gasteiger partial charge >= 0.3 is 0 Å². The van der Waals surface area contributed by atoms with Crippen LogP contribution in [0.1, 0.15) is 35.5 Å². The molecule has 0 spiro atoms. The molecule has 4 heteroatoms. The van der Waals surface area contributed by atoms with Crippen molar-refractivity contribution in [2.24, 2.45) is 0 Å². The molecule has 3 rings (SSSR count). The third-order valence-electron chi connectivity index (χ3n) is 3.73. The van der Waals surface area contributed by atoms with Gasteiger partial charge in [0.05, 0.1) is 0 Å². The lowest BCUT2D eigenvalue weighted by atomic mass is 10.1. The summed E-state index contributed by atoms with van der Waals surface area (Å²) in [6.45, 7) is 7.97. The molecule has 0 fully saturated rings. The maximum Gasteiger partial charge on any atom is 0.270 e. The molecule has 0 aliphatic carbocycles. The summed E-state index contributed by atoms with van der Waals surface area (Å²) in [6, 6.07) is 12.1. The highest BCUT2D eigenvalue weighted by Crippen LogP contribution is 2.25. The number of nitrogens with zero attached hydrogens (tertiary/aromatic N) is 2. The van der Waals surface area contributed by atoms with Gasteiger partial charge in [-0.1, -0.05) is 35.9 Å². The lowest BCUT2D eigenvalue weighted by Crippen LogP contribution is -2.31. The zero-order valence-electron chi connectivity index (χ0n) is 13.9. The molecular formula is C19H21N3O. The summed E-state index contributed by atoms with van der Waals surface area (Å²) < 4.78 is 1.88. The Morgan fingerprint density at radius 2 is 1.70 bits per heavy atom. The second-order valence-corrected chi connectivity index (χ2v) is 6.24. The second-order valence-electron chi connectivity index (χ2n) is 6.24. The van der Waals surface area contributed by atoms with Crippen LogP contribution in [-0.2, 0) is 0 Å². The smallest absolute Gasteiger partial charge is 0.270 e. The lowest BCUT2D eigenvalue weighted by Gasteiger charge is -2.10. The molecular weight excluding hydrogens is 286 g/mol. The Morgan fingerprint density at radius 1 is 1.04 bits per heavy atom. The summed E-state index contributed by atoms with van der Waals surface area (Å²) >= 11 is 0. The van der Waals surface area contributed by atoms with Crippen molar-refractivity contribution in [3.05, 3.63) is 59.4 Å². The van der Waals surface area contributed by atoms with Crippen LogP contribution in [0.4, 0.5) is 0 Å². The van der Waals surface area contributed by atoms with Gasteiger partial charge in [-0.2, -0.15) is 0 Å². The van der Waals surface area contributed by atoms with Crippen LogP contribution >= 0.6 is 0 Å². The maximum absolute atomic E-state index is 12.7. The van der Waals surface area contributed by atoms with E-state index in [1.54, 1.807) is 0 Å². The summed E-state index contributed by atoms with van der Waals surface area (Å²) in [6.07, 6.45) is 1.95. The summed E-state index contributed by atoms with van der Waals surface area (Å²) in [5.41, 5.74) is 5.30. The molecule has 0 atom stereocenters. The van der Waals surface area contributed by atoms with Gasteiger partial charge in [-0.3, -0.25) is 9.20 Å². The topological polar surface area (TPSA) is 46.4 Å². The zero-order chi connectivity index (χ0) is 16.6. The van der Waals surface area contributed by atoms with Gasteiger partial charge in [0.1, 0.15) is 17.0 Å². The van der Waals surface area contributed by atoms with Crippen molar-refractivity contribution in [1.29, 1.82) is 0 Å². The molecule has 0 unspecified atom stereocenters. The molecule has 0 saturated heterocycles. The van der Waals surface area contributed by atoms with Gasteiger partial charge in [-0.25, -0.2) is 4.98 Å². The third-order valence-corrected chi connectivity index (χ3v) is 3.73. The van der Waals surface area contributed by atoms with Gasteiger partial charge in [-0.05, 0) is 39.3 Å². The molecule has 1 N–H and O–H groups in total. The number of fused-ring (bicyclic) bond motifs is 1. The van der Waals surface area contributed by atoms with E-state index in [1.807, 2.05) is 74.7 Å². The molecule has 0 aliphatic heterocycles. The predicted octanol–water partition coefficient (Wildman–Crippen LogP) is 3.76. The normalized spacial score (nSPS) is 11.2. The van der Waals surface area contributed by atoms with Crippen LogP contribution in [0.5, 0.6) is 0 Å². The van der Waals surface area contributed by atoms with Crippen molar-refractivity contribution in [3.8, 4) is 11.3 Å². The first-order valence-electron chi connectivity index (χ1n) is 7.82. The number of pyridine rings is 1. The van der Waals surface area contributed by atoms with E-state index in [0.717, 1.165) is 16.8 Å². The number of nitrogens with one attached hydrogen (secondary N) is 1. The Morgan fingerprint density at radius 3 is 2.35 bits per heavy atom. The second kappa shape index (κ2) is 5.88. The van der Waals surface area contributed by atoms with Crippen molar-refractivity contribution in [2.45, 2.75) is 33.7 Å². The Bertz CT molecular complexity index is 860. The first-order chi connectivity index (χ1) is 11.0. The molecule has 1 amide bonds. The molecule has 0 bridgehead atoms. The van der Waals surface area contributed by atoms with Gasteiger partial charge in [0.25, 0.3) is 5.91 Å². The van der Waals surface area contributed by atoms with Crippen LogP contribution in [-0.4, -0.2) is 21.3 Å². The van der Waals surface area contributed by atoms with Gasteiger partial charge < -0.3 is 5.32 Å². The van der Waals surface area contributed by atoms with E-state index < -0.39 is 0 Å². The van der Waals surface area contributed by atoms with E-state index in [4.69, 9.17) is 0 Å². The van der Waals surface area contributed by atoms with Crippen LogP contribution in [0, 0.1) is 13.8 Å². The number of aryl methyl sites for hydroxylation is 2. The van der Waals surface area contributed by atoms with Crippen LogP contribution < -0.4 is 5.32 Å². The number of benzene rings is 1. The summed E-state index contributed by atoms with van der Waals surface area (Å²) in [5.74, 6) is -0.103. The SMILES string of the molecule is Cc1ccc(-c2nc3ccc(C)cn3c2C(=O)NC(C)C)cc1. The monoisotopic (exact) mass is 307 g/mol. The average Bonchev–Trinajstić information content (AvgIpc) is 2.85. The van der Waals surface area contributed by atoms with Crippen molar-refractivity contribution < 1.29 is 4.79 Å². The minimum atomic E-state index is -0.103. The fourth-order valence-electron chi connectivity index (χ4n) is 2.61. The molecule has 1 aromatic carbocycles. The first kappa shape index (κ1) is 15.3. The third kappa shape index (κ3) is 2.97.